The van der Waals surface area contributed by atoms with Crippen LogP contribution >= 0.6 is 15.9 Å². The van der Waals surface area contributed by atoms with Gasteiger partial charge in [-0.3, -0.25) is 19.3 Å². The molecule has 1 aliphatic heterocycles. The van der Waals surface area contributed by atoms with Gasteiger partial charge >= 0.3 is 0 Å². The zero-order valence-electron chi connectivity index (χ0n) is 11.5. The Bertz CT molecular complexity index is 699. The molecule has 0 unspecified atom stereocenters. The smallest absolute Gasteiger partial charge is 0.238 e. The molecule has 4 rings (SSSR count). The Morgan fingerprint density at radius 2 is 1.86 bits per heavy atom. The fraction of sp³-hybridized carbons (Fsp3) is 0.438. The van der Waals surface area contributed by atoms with Gasteiger partial charge in [0.05, 0.1) is 17.5 Å². The highest BCUT2D eigenvalue weighted by molar-refractivity contribution is 9.10. The van der Waals surface area contributed by atoms with Gasteiger partial charge in [0.1, 0.15) is 5.78 Å². The Balaban J connectivity index is 1.75. The zero-order valence-corrected chi connectivity index (χ0v) is 13.1. The lowest BCUT2D eigenvalue weighted by Crippen LogP contribution is -2.33. The molecule has 108 valence electrons. The number of amides is 2. The monoisotopic (exact) mass is 347 g/mol. The van der Waals surface area contributed by atoms with Gasteiger partial charge < -0.3 is 0 Å². The molecule has 0 spiro atoms. The molecular weight excluding hydrogens is 334 g/mol. The molecule has 2 aliphatic carbocycles. The van der Waals surface area contributed by atoms with Gasteiger partial charge in [-0.25, -0.2) is 0 Å². The Morgan fingerprint density at radius 1 is 1.14 bits per heavy atom. The molecule has 2 amide bonds. The van der Waals surface area contributed by atoms with Crippen molar-refractivity contribution in [2.45, 2.75) is 19.8 Å². The Morgan fingerprint density at radius 3 is 2.57 bits per heavy atom. The number of nitrogens with zero attached hydrogens (tertiary/aromatic N) is 1. The van der Waals surface area contributed by atoms with Crippen molar-refractivity contribution in [3.63, 3.8) is 0 Å². The zero-order chi connectivity index (χ0) is 14.9. The molecule has 2 saturated carbocycles. The highest BCUT2D eigenvalue weighted by Crippen LogP contribution is 2.55. The summed E-state index contributed by atoms with van der Waals surface area (Å²) in [5.74, 6) is -0.976. The molecule has 1 aromatic carbocycles. The number of hydrogen-bond acceptors (Lipinski definition) is 3. The third kappa shape index (κ3) is 1.64. The van der Waals surface area contributed by atoms with Crippen molar-refractivity contribution >= 4 is 39.2 Å². The quantitative estimate of drug-likeness (QED) is 0.733. The first-order valence-corrected chi connectivity index (χ1v) is 7.95. The highest BCUT2D eigenvalue weighted by Gasteiger charge is 2.64. The fourth-order valence-electron chi connectivity index (χ4n) is 4.22. The van der Waals surface area contributed by atoms with E-state index in [1.54, 1.807) is 6.07 Å². The van der Waals surface area contributed by atoms with Gasteiger partial charge in [0.25, 0.3) is 0 Å². The molecule has 1 heterocycles. The molecule has 21 heavy (non-hydrogen) atoms. The topological polar surface area (TPSA) is 54.5 Å². The first-order chi connectivity index (χ1) is 9.99. The van der Waals surface area contributed by atoms with Crippen LogP contribution in [0.2, 0.25) is 0 Å². The van der Waals surface area contributed by atoms with Crippen molar-refractivity contribution in [1.82, 2.24) is 0 Å². The van der Waals surface area contributed by atoms with Gasteiger partial charge in [0, 0.05) is 16.8 Å². The lowest BCUT2D eigenvalue weighted by Gasteiger charge is -2.18. The Hall–Kier alpha value is -1.49. The van der Waals surface area contributed by atoms with E-state index in [-0.39, 0.29) is 35.4 Å². The summed E-state index contributed by atoms with van der Waals surface area (Å²) in [6.45, 7) is 1.92. The van der Waals surface area contributed by atoms with Crippen LogP contribution in [0.3, 0.4) is 0 Å². The second kappa shape index (κ2) is 4.26. The number of imide groups is 1. The van der Waals surface area contributed by atoms with Crippen LogP contribution in [0.5, 0.6) is 0 Å². The predicted octanol–water partition coefficient (Wildman–Crippen LogP) is 2.47. The first kappa shape index (κ1) is 13.2. The van der Waals surface area contributed by atoms with E-state index in [1.807, 2.05) is 19.1 Å². The summed E-state index contributed by atoms with van der Waals surface area (Å²) >= 11 is 3.42. The van der Waals surface area contributed by atoms with Crippen molar-refractivity contribution in [3.05, 3.63) is 28.2 Å². The number of anilines is 1. The van der Waals surface area contributed by atoms with E-state index < -0.39 is 5.92 Å². The van der Waals surface area contributed by atoms with Gasteiger partial charge in [-0.05, 0) is 43.0 Å². The molecule has 3 aliphatic rings. The number of aryl methyl sites for hydroxylation is 1. The number of fused-ring (bicyclic) bond motifs is 5. The highest BCUT2D eigenvalue weighted by atomic mass is 79.9. The first-order valence-electron chi connectivity index (χ1n) is 7.15. The summed E-state index contributed by atoms with van der Waals surface area (Å²) in [7, 11) is 0. The molecule has 2 bridgehead atoms. The van der Waals surface area contributed by atoms with E-state index in [9.17, 15) is 14.4 Å². The summed E-state index contributed by atoms with van der Waals surface area (Å²) in [5.41, 5.74) is 1.59. The molecule has 3 fully saturated rings. The van der Waals surface area contributed by atoms with Gasteiger partial charge in [0.15, 0.2) is 0 Å². The molecule has 0 aromatic heterocycles. The number of halogens is 1. The molecular formula is C16H14BrNO3. The summed E-state index contributed by atoms with van der Waals surface area (Å²) < 4.78 is 0.945. The number of hydrogen-bond donors (Lipinski definition) is 0. The lowest BCUT2D eigenvalue weighted by atomic mass is 9.80. The molecule has 4 nitrogen and oxygen atoms in total. The minimum atomic E-state index is -0.410. The average molecular weight is 348 g/mol. The molecule has 1 saturated heterocycles. The summed E-state index contributed by atoms with van der Waals surface area (Å²) in [6.07, 6.45) is 1.19. The van der Waals surface area contributed by atoms with Crippen LogP contribution < -0.4 is 4.90 Å². The van der Waals surface area contributed by atoms with Crippen molar-refractivity contribution in [1.29, 1.82) is 0 Å². The number of benzene rings is 1. The van der Waals surface area contributed by atoms with Crippen LogP contribution in [0.1, 0.15) is 18.4 Å². The molecule has 5 heteroatoms. The second-order valence-corrected chi connectivity index (χ2v) is 7.12. The van der Waals surface area contributed by atoms with Crippen LogP contribution in [0.15, 0.2) is 22.7 Å². The second-order valence-electron chi connectivity index (χ2n) is 6.27. The predicted molar refractivity (Wildman–Crippen MR) is 79.6 cm³/mol. The maximum Gasteiger partial charge on any atom is 0.238 e. The largest absolute Gasteiger partial charge is 0.299 e. The normalized spacial score (nSPS) is 34.0. The molecule has 1 aromatic rings. The van der Waals surface area contributed by atoms with Crippen LogP contribution in [-0.4, -0.2) is 17.6 Å². The van der Waals surface area contributed by atoms with Crippen LogP contribution in [0.4, 0.5) is 5.69 Å². The fourth-order valence-corrected chi connectivity index (χ4v) is 4.47. The van der Waals surface area contributed by atoms with E-state index in [4.69, 9.17) is 0 Å². The van der Waals surface area contributed by atoms with Crippen molar-refractivity contribution in [2.24, 2.45) is 23.7 Å². The van der Waals surface area contributed by atoms with Crippen LogP contribution in [-0.2, 0) is 14.4 Å². The van der Waals surface area contributed by atoms with Gasteiger partial charge in [-0.15, -0.1) is 0 Å². The SMILES string of the molecule is Cc1cc(N2C(=O)[C@H]3[C@H]4CC(=O)[C@H](C4)[C@H]3C2=O)ccc1Br. The standard InChI is InChI=1S/C16H14BrNO3/c1-7-4-9(2-3-11(7)17)18-15(20)13-8-5-10(12(19)6-8)14(13)16(18)21/h2-4,8,10,13-14H,5-6H2,1H3/t8-,10+,13+,14-/m1/s1. The average Bonchev–Trinajstić information content (AvgIpc) is 3.05. The van der Waals surface area contributed by atoms with Crippen molar-refractivity contribution in [2.75, 3.05) is 4.90 Å². The number of carbonyl (C=O) groups excluding carboxylic acids is 3. The van der Waals surface area contributed by atoms with Gasteiger partial charge in [-0.2, -0.15) is 0 Å². The summed E-state index contributed by atoms with van der Waals surface area (Å²) in [4.78, 5) is 38.5. The molecule has 4 atom stereocenters. The third-order valence-electron chi connectivity index (χ3n) is 5.17. The number of ketones is 1. The minimum Gasteiger partial charge on any atom is -0.299 e. The van der Waals surface area contributed by atoms with Crippen molar-refractivity contribution < 1.29 is 14.4 Å². The summed E-state index contributed by atoms with van der Waals surface area (Å²) in [5, 5.41) is 0. The Labute approximate surface area is 130 Å². The van der Waals surface area contributed by atoms with E-state index in [0.717, 1.165) is 16.5 Å². The van der Waals surface area contributed by atoms with E-state index in [0.29, 0.717) is 12.1 Å². The van der Waals surface area contributed by atoms with E-state index in [2.05, 4.69) is 15.9 Å². The maximum absolute atomic E-state index is 12.7. The number of carbonyl (C=O) groups is 3. The molecule has 0 N–H and O–H groups in total. The van der Waals surface area contributed by atoms with Gasteiger partial charge in [-0.1, -0.05) is 15.9 Å². The summed E-state index contributed by atoms with van der Waals surface area (Å²) in [6, 6.07) is 5.46. The third-order valence-corrected chi connectivity index (χ3v) is 6.06. The van der Waals surface area contributed by atoms with E-state index in [1.165, 1.54) is 4.90 Å². The number of rotatable bonds is 1. The minimum absolute atomic E-state index is 0.0745. The maximum atomic E-state index is 12.7. The van der Waals surface area contributed by atoms with E-state index >= 15 is 0 Å². The number of Topliss-reactive ketones (excluding diaryl/α,β-unsaturated/α-hetero) is 1. The van der Waals surface area contributed by atoms with Crippen LogP contribution in [0.25, 0.3) is 0 Å². The Kier molecular flexibility index (Phi) is 2.67. The lowest BCUT2D eigenvalue weighted by molar-refractivity contribution is -0.131. The van der Waals surface area contributed by atoms with Crippen LogP contribution in [0, 0.1) is 30.6 Å². The van der Waals surface area contributed by atoms with Gasteiger partial charge in [0.2, 0.25) is 11.8 Å². The van der Waals surface area contributed by atoms with Crippen molar-refractivity contribution in [3.8, 4) is 0 Å². The molecule has 0 radical (unpaired) electrons.